The maximum absolute atomic E-state index is 12.4. The van der Waals surface area contributed by atoms with Crippen LogP contribution in [0.1, 0.15) is 0 Å². The first-order valence-corrected chi connectivity index (χ1v) is 7.61. The van der Waals surface area contributed by atoms with E-state index < -0.39 is 10.0 Å². The molecular weight excluding hydrogens is 324 g/mol. The van der Waals surface area contributed by atoms with E-state index in [-0.39, 0.29) is 22.3 Å². The molecule has 1 aromatic carbocycles. The van der Waals surface area contributed by atoms with Gasteiger partial charge in [0.1, 0.15) is 6.33 Å². The first-order chi connectivity index (χ1) is 11.0. The average Bonchev–Trinajstić information content (AvgIpc) is 2.55. The topological polar surface area (TPSA) is 139 Å². The molecule has 10 nitrogen and oxygen atoms in total. The van der Waals surface area contributed by atoms with Gasteiger partial charge in [-0.2, -0.15) is 4.98 Å². The number of benzene rings is 1. The molecule has 0 aliphatic heterocycles. The molecule has 0 saturated carbocycles. The second-order valence-corrected chi connectivity index (χ2v) is 5.74. The summed E-state index contributed by atoms with van der Waals surface area (Å²) in [7, 11) is -1.20. The van der Waals surface area contributed by atoms with Crippen LogP contribution in [0, 0.1) is 0 Å². The monoisotopic (exact) mass is 336 g/mol. The van der Waals surface area contributed by atoms with Gasteiger partial charge in [-0.25, -0.2) is 13.4 Å². The fourth-order valence-electron chi connectivity index (χ4n) is 1.69. The van der Waals surface area contributed by atoms with Crippen LogP contribution in [-0.2, 0) is 10.0 Å². The summed E-state index contributed by atoms with van der Waals surface area (Å²) in [6.07, 6.45) is 1.14. The Morgan fingerprint density at radius 2 is 1.87 bits per heavy atom. The lowest BCUT2D eigenvalue weighted by Crippen LogP contribution is -2.15. The van der Waals surface area contributed by atoms with Gasteiger partial charge in [0.25, 0.3) is 15.9 Å². The number of methoxy groups -OCH3 is 2. The lowest BCUT2D eigenvalue weighted by Gasteiger charge is -2.12. The second-order valence-electron chi connectivity index (χ2n) is 4.05. The van der Waals surface area contributed by atoms with Gasteiger partial charge < -0.3 is 9.47 Å². The van der Waals surface area contributed by atoms with Crippen molar-refractivity contribution in [2.75, 3.05) is 18.9 Å². The standard InChI is InChI=1S/C12H12N6O4S/c1-21-10-11(14-7-15-12(10)22-2)17-23(19,20)9-5-3-8(4-6-9)16-18-13/h3-7H,1-2H3,(H,14,15,17). The Balaban J connectivity index is 2.36. The molecule has 2 aromatic rings. The van der Waals surface area contributed by atoms with Crippen LogP contribution in [0.3, 0.4) is 0 Å². The van der Waals surface area contributed by atoms with Crippen molar-refractivity contribution >= 4 is 21.5 Å². The highest BCUT2D eigenvalue weighted by atomic mass is 32.2. The highest BCUT2D eigenvalue weighted by Crippen LogP contribution is 2.32. The summed E-state index contributed by atoms with van der Waals surface area (Å²) in [5.74, 6) is 0.0988. The predicted octanol–water partition coefficient (Wildman–Crippen LogP) is 2.24. The van der Waals surface area contributed by atoms with E-state index in [2.05, 4.69) is 24.7 Å². The summed E-state index contributed by atoms with van der Waals surface area (Å²) in [6, 6.07) is 5.37. The highest BCUT2D eigenvalue weighted by Gasteiger charge is 2.20. The van der Waals surface area contributed by atoms with Crippen molar-refractivity contribution in [2.24, 2.45) is 5.11 Å². The Morgan fingerprint density at radius 3 is 2.43 bits per heavy atom. The second kappa shape index (κ2) is 6.81. The molecule has 1 aromatic heterocycles. The van der Waals surface area contributed by atoms with Gasteiger partial charge in [-0.1, -0.05) is 17.2 Å². The van der Waals surface area contributed by atoms with Gasteiger partial charge in [-0.05, 0) is 17.7 Å². The minimum Gasteiger partial charge on any atom is -0.489 e. The van der Waals surface area contributed by atoms with E-state index in [1.54, 1.807) is 0 Å². The quantitative estimate of drug-likeness (QED) is 0.487. The third kappa shape index (κ3) is 3.59. The lowest BCUT2D eigenvalue weighted by atomic mass is 10.3. The van der Waals surface area contributed by atoms with Crippen molar-refractivity contribution in [3.05, 3.63) is 41.0 Å². The number of ether oxygens (including phenoxy) is 2. The summed E-state index contributed by atoms with van der Waals surface area (Å²) < 4.78 is 37.1. The molecule has 0 spiro atoms. The summed E-state index contributed by atoms with van der Waals surface area (Å²) >= 11 is 0. The zero-order valence-corrected chi connectivity index (χ0v) is 13.0. The minimum absolute atomic E-state index is 0.0333. The van der Waals surface area contributed by atoms with Gasteiger partial charge in [0.15, 0.2) is 5.82 Å². The molecule has 0 bridgehead atoms. The van der Waals surface area contributed by atoms with Gasteiger partial charge in [-0.3, -0.25) is 4.72 Å². The fraction of sp³-hybridized carbons (Fsp3) is 0.167. The van der Waals surface area contributed by atoms with Crippen LogP contribution >= 0.6 is 0 Å². The molecule has 0 aliphatic rings. The van der Waals surface area contributed by atoms with Crippen molar-refractivity contribution in [3.8, 4) is 11.6 Å². The maximum atomic E-state index is 12.4. The zero-order chi connectivity index (χ0) is 16.9. The average molecular weight is 336 g/mol. The molecule has 0 radical (unpaired) electrons. The number of sulfonamides is 1. The molecule has 0 atom stereocenters. The summed E-state index contributed by atoms with van der Waals surface area (Å²) in [5.41, 5.74) is 8.64. The summed E-state index contributed by atoms with van der Waals surface area (Å²) in [4.78, 5) is 10.3. The largest absolute Gasteiger partial charge is 0.489 e. The van der Waals surface area contributed by atoms with E-state index in [0.29, 0.717) is 5.69 Å². The third-order valence-electron chi connectivity index (χ3n) is 2.71. The van der Waals surface area contributed by atoms with Crippen LogP contribution in [-0.4, -0.2) is 32.6 Å². The third-order valence-corrected chi connectivity index (χ3v) is 4.06. The first-order valence-electron chi connectivity index (χ1n) is 6.12. The molecule has 0 amide bonds. The van der Waals surface area contributed by atoms with Crippen LogP contribution in [0.2, 0.25) is 0 Å². The van der Waals surface area contributed by atoms with Crippen LogP contribution in [0.25, 0.3) is 10.4 Å². The van der Waals surface area contributed by atoms with Crippen molar-refractivity contribution < 1.29 is 17.9 Å². The summed E-state index contributed by atoms with van der Waals surface area (Å²) in [5, 5.41) is 3.37. The van der Waals surface area contributed by atoms with E-state index in [1.807, 2.05) is 0 Å². The number of aromatic nitrogens is 2. The number of anilines is 1. The molecule has 2 rings (SSSR count). The number of nitrogens with one attached hydrogen (secondary N) is 1. The Labute approximate surface area is 131 Å². The van der Waals surface area contributed by atoms with Crippen LogP contribution < -0.4 is 14.2 Å². The van der Waals surface area contributed by atoms with Crippen molar-refractivity contribution in [3.63, 3.8) is 0 Å². The Kier molecular flexibility index (Phi) is 4.84. The molecule has 23 heavy (non-hydrogen) atoms. The molecule has 0 aliphatic carbocycles. The number of hydrogen-bond acceptors (Lipinski definition) is 7. The Hall–Kier alpha value is -3.04. The van der Waals surface area contributed by atoms with Crippen LogP contribution in [0.15, 0.2) is 40.6 Å². The van der Waals surface area contributed by atoms with Crippen molar-refractivity contribution in [2.45, 2.75) is 4.90 Å². The van der Waals surface area contributed by atoms with Gasteiger partial charge >= 0.3 is 0 Å². The van der Waals surface area contributed by atoms with E-state index in [0.717, 1.165) is 6.33 Å². The summed E-state index contributed by atoms with van der Waals surface area (Å²) in [6.45, 7) is 0. The smallest absolute Gasteiger partial charge is 0.263 e. The van der Waals surface area contributed by atoms with E-state index in [4.69, 9.17) is 15.0 Å². The number of hydrogen-bond donors (Lipinski definition) is 1. The number of rotatable bonds is 6. The number of azide groups is 1. The van der Waals surface area contributed by atoms with E-state index in [1.165, 1.54) is 38.5 Å². The predicted molar refractivity (Wildman–Crippen MR) is 81.2 cm³/mol. The molecule has 0 unspecified atom stereocenters. The van der Waals surface area contributed by atoms with Crippen molar-refractivity contribution in [1.82, 2.24) is 9.97 Å². The molecular formula is C12H12N6O4S. The van der Waals surface area contributed by atoms with Gasteiger partial charge in [-0.15, -0.1) is 0 Å². The molecule has 120 valence electrons. The zero-order valence-electron chi connectivity index (χ0n) is 12.2. The van der Waals surface area contributed by atoms with Crippen LogP contribution in [0.4, 0.5) is 11.5 Å². The first kappa shape index (κ1) is 16.3. The molecule has 1 N–H and O–H groups in total. The lowest BCUT2D eigenvalue weighted by molar-refractivity contribution is 0.342. The van der Waals surface area contributed by atoms with Crippen LogP contribution in [0.5, 0.6) is 11.6 Å². The molecule has 1 heterocycles. The fourth-order valence-corrected chi connectivity index (χ4v) is 2.70. The van der Waals surface area contributed by atoms with E-state index >= 15 is 0 Å². The molecule has 0 fully saturated rings. The molecule has 0 saturated heterocycles. The van der Waals surface area contributed by atoms with Gasteiger partial charge in [0.2, 0.25) is 5.75 Å². The van der Waals surface area contributed by atoms with Crippen molar-refractivity contribution in [1.29, 1.82) is 0 Å². The number of nitrogens with zero attached hydrogens (tertiary/aromatic N) is 5. The minimum atomic E-state index is -3.91. The SMILES string of the molecule is COc1ncnc(NS(=O)(=O)c2ccc(N=[N+]=[N-])cc2)c1OC. The van der Waals surface area contributed by atoms with E-state index in [9.17, 15) is 8.42 Å². The van der Waals surface area contributed by atoms with Gasteiger partial charge in [0, 0.05) is 10.6 Å². The highest BCUT2D eigenvalue weighted by molar-refractivity contribution is 7.92. The Morgan fingerprint density at radius 1 is 1.17 bits per heavy atom. The normalized spacial score (nSPS) is 10.5. The molecule has 11 heteroatoms. The maximum Gasteiger partial charge on any atom is 0.263 e. The Bertz CT molecular complexity index is 846. The van der Waals surface area contributed by atoms with Gasteiger partial charge in [0.05, 0.1) is 19.1 Å².